The van der Waals surface area contributed by atoms with Crippen LogP contribution < -0.4 is 24.6 Å². The molecule has 3 aromatic carbocycles. The summed E-state index contributed by atoms with van der Waals surface area (Å²) in [7, 11) is 2.95. The van der Waals surface area contributed by atoms with Gasteiger partial charge < -0.3 is 14.8 Å². The molecule has 3 atom stereocenters. The Morgan fingerprint density at radius 1 is 0.911 bits per heavy atom. The van der Waals surface area contributed by atoms with Crippen molar-refractivity contribution in [1.29, 1.82) is 0 Å². The highest BCUT2D eigenvalue weighted by Crippen LogP contribution is 2.54. The summed E-state index contributed by atoms with van der Waals surface area (Å²) in [5, 5.41) is 1.84. The zero-order chi connectivity index (χ0) is 32.0. The zero-order valence-electron chi connectivity index (χ0n) is 23.7. The van der Waals surface area contributed by atoms with Crippen molar-refractivity contribution >= 4 is 52.2 Å². The third kappa shape index (κ3) is 5.48. The van der Waals surface area contributed by atoms with E-state index in [4.69, 9.17) is 9.47 Å². The molecular formula is C31H24F3N3O6S2. The fourth-order valence-electron chi connectivity index (χ4n) is 5.61. The Balaban J connectivity index is 1.41. The van der Waals surface area contributed by atoms with E-state index in [1.807, 2.05) is 0 Å². The molecule has 0 spiro atoms. The van der Waals surface area contributed by atoms with E-state index in [0.29, 0.717) is 32.7 Å². The summed E-state index contributed by atoms with van der Waals surface area (Å²) >= 11 is 1.88. The average molecular weight is 656 g/mol. The highest BCUT2D eigenvalue weighted by Gasteiger charge is 2.57. The van der Waals surface area contributed by atoms with Crippen LogP contribution in [-0.4, -0.2) is 41.8 Å². The summed E-state index contributed by atoms with van der Waals surface area (Å²) < 4.78 is 51.6. The molecule has 1 fully saturated rings. The fourth-order valence-corrected chi connectivity index (χ4v) is 8.38. The number of carbonyl (C=O) groups is 3. The molecule has 0 saturated carbocycles. The van der Waals surface area contributed by atoms with Crippen LogP contribution in [-0.2, 0) is 27.1 Å². The molecule has 9 nitrogen and oxygen atoms in total. The molecule has 0 radical (unpaired) electrons. The maximum absolute atomic E-state index is 14.0. The molecule has 14 heteroatoms. The van der Waals surface area contributed by atoms with E-state index in [1.54, 1.807) is 48.5 Å². The molecule has 4 aromatic rings. The predicted octanol–water partition coefficient (Wildman–Crippen LogP) is 5.38. The SMILES string of the molecule is COc1ccc([C@H]2c3sc(=O)n(CC(=O)Nc4cccc(C(F)(F)F)c4)c3SC3C(=O)N(c4ccccc4)C(=O)C32)cc1OC. The van der Waals surface area contributed by atoms with Crippen LogP contribution in [0.5, 0.6) is 11.5 Å². The van der Waals surface area contributed by atoms with Crippen LogP contribution in [0.25, 0.3) is 0 Å². The van der Waals surface area contributed by atoms with E-state index in [9.17, 15) is 32.3 Å². The van der Waals surface area contributed by atoms with E-state index < -0.39 is 58.0 Å². The number of thiazole rings is 1. The Morgan fingerprint density at radius 2 is 1.64 bits per heavy atom. The Bertz CT molecular complexity index is 1870. The monoisotopic (exact) mass is 655 g/mol. The van der Waals surface area contributed by atoms with Crippen molar-refractivity contribution in [3.8, 4) is 11.5 Å². The van der Waals surface area contributed by atoms with Crippen LogP contribution in [0.2, 0.25) is 0 Å². The Morgan fingerprint density at radius 3 is 2.33 bits per heavy atom. The number of carbonyl (C=O) groups excluding carboxylic acids is 3. The second-order valence-electron chi connectivity index (χ2n) is 10.3. The maximum Gasteiger partial charge on any atom is 0.416 e. The number of hydrogen-bond donors (Lipinski definition) is 1. The zero-order valence-corrected chi connectivity index (χ0v) is 25.3. The molecule has 2 aliphatic heterocycles. The van der Waals surface area contributed by atoms with Gasteiger partial charge in [0.2, 0.25) is 17.7 Å². The number of alkyl halides is 3. The topological polar surface area (TPSA) is 107 Å². The number of halogens is 3. The number of hydrogen-bond acceptors (Lipinski definition) is 8. The number of para-hydroxylation sites is 1. The minimum atomic E-state index is -4.60. The van der Waals surface area contributed by atoms with Gasteiger partial charge in [-0.1, -0.05) is 53.4 Å². The van der Waals surface area contributed by atoms with Crippen molar-refractivity contribution in [1.82, 2.24) is 4.57 Å². The minimum absolute atomic E-state index is 0.0852. The summed E-state index contributed by atoms with van der Waals surface area (Å²) in [6.45, 7) is -0.519. The Hall–Kier alpha value is -4.56. The molecule has 45 heavy (non-hydrogen) atoms. The van der Waals surface area contributed by atoms with Crippen LogP contribution in [0.4, 0.5) is 24.5 Å². The summed E-state index contributed by atoms with van der Waals surface area (Å²) in [4.78, 5) is 55.4. The number of methoxy groups -OCH3 is 2. The van der Waals surface area contributed by atoms with Gasteiger partial charge in [0.05, 0.1) is 36.4 Å². The van der Waals surface area contributed by atoms with Crippen molar-refractivity contribution in [3.05, 3.63) is 98.5 Å². The molecular weight excluding hydrogens is 631 g/mol. The highest BCUT2D eigenvalue weighted by molar-refractivity contribution is 8.00. The second kappa shape index (κ2) is 11.7. The van der Waals surface area contributed by atoms with Gasteiger partial charge in [-0.15, -0.1) is 0 Å². The minimum Gasteiger partial charge on any atom is -0.493 e. The molecule has 2 aliphatic rings. The van der Waals surface area contributed by atoms with Crippen molar-refractivity contribution < 1.29 is 37.0 Å². The maximum atomic E-state index is 14.0. The fraction of sp³-hybridized carbons (Fsp3) is 0.226. The molecule has 2 unspecified atom stereocenters. The first-order valence-corrected chi connectivity index (χ1v) is 15.2. The molecule has 0 aliphatic carbocycles. The van der Waals surface area contributed by atoms with Gasteiger partial charge in [-0.2, -0.15) is 13.2 Å². The summed E-state index contributed by atoms with van der Waals surface area (Å²) in [5.41, 5.74) is -0.00747. The van der Waals surface area contributed by atoms with Gasteiger partial charge in [-0.25, -0.2) is 4.90 Å². The molecule has 1 aromatic heterocycles. The molecule has 0 bridgehead atoms. The van der Waals surface area contributed by atoms with E-state index in [2.05, 4.69) is 5.32 Å². The number of amides is 3. The lowest BCUT2D eigenvalue weighted by Crippen LogP contribution is -2.33. The second-order valence-corrected chi connectivity index (χ2v) is 12.4. The summed E-state index contributed by atoms with van der Waals surface area (Å²) in [5.74, 6) is -2.42. The van der Waals surface area contributed by atoms with E-state index in [0.717, 1.165) is 40.1 Å². The van der Waals surface area contributed by atoms with Gasteiger partial charge in [-0.3, -0.25) is 23.7 Å². The number of aromatic nitrogens is 1. The van der Waals surface area contributed by atoms with Crippen LogP contribution >= 0.6 is 23.1 Å². The standard InChI is InChI=1S/C31H24F3N3O6S2/c1-42-20-12-11-16(13-21(20)43-2)23-24-25(28(40)37(27(24)39)19-9-4-3-5-10-19)44-29-26(23)45-30(41)36(29)15-22(38)35-18-8-6-7-17(14-18)31(32,33)34/h3-14,23-25H,15H2,1-2H3,(H,35,38)/t23-,24?,25?/m1/s1. The summed E-state index contributed by atoms with van der Waals surface area (Å²) in [6.07, 6.45) is -4.60. The van der Waals surface area contributed by atoms with Crippen molar-refractivity contribution in [2.75, 3.05) is 24.4 Å². The first-order chi connectivity index (χ1) is 21.5. The number of imide groups is 1. The number of nitrogens with one attached hydrogen (secondary N) is 1. The average Bonchev–Trinajstić information content (AvgIpc) is 3.46. The number of anilines is 2. The van der Waals surface area contributed by atoms with Gasteiger partial charge in [0.15, 0.2) is 11.5 Å². The summed E-state index contributed by atoms with van der Waals surface area (Å²) in [6, 6.07) is 17.8. The first-order valence-electron chi connectivity index (χ1n) is 13.5. The molecule has 1 saturated heterocycles. The lowest BCUT2D eigenvalue weighted by Gasteiger charge is -2.31. The van der Waals surface area contributed by atoms with E-state index in [1.165, 1.54) is 30.9 Å². The van der Waals surface area contributed by atoms with E-state index >= 15 is 0 Å². The third-order valence-corrected chi connectivity index (χ3v) is 10.2. The molecule has 3 heterocycles. The van der Waals surface area contributed by atoms with Gasteiger partial charge >= 0.3 is 11.0 Å². The van der Waals surface area contributed by atoms with Gasteiger partial charge in [0, 0.05) is 16.5 Å². The number of nitrogens with zero attached hydrogens (tertiary/aromatic N) is 2. The molecule has 1 N–H and O–H groups in total. The van der Waals surface area contributed by atoms with Crippen molar-refractivity contribution in [2.24, 2.45) is 5.92 Å². The number of thioether (sulfide) groups is 1. The number of ether oxygens (including phenoxy) is 2. The lowest BCUT2D eigenvalue weighted by atomic mass is 9.83. The quantitative estimate of drug-likeness (QED) is 0.267. The third-order valence-electron chi connectivity index (χ3n) is 7.61. The number of fused-ring (bicyclic) bond motifs is 2. The van der Waals surface area contributed by atoms with Gasteiger partial charge in [0.1, 0.15) is 11.8 Å². The molecule has 6 rings (SSSR count). The van der Waals surface area contributed by atoms with Crippen molar-refractivity contribution in [2.45, 2.75) is 28.9 Å². The Kier molecular flexibility index (Phi) is 7.95. The highest BCUT2D eigenvalue weighted by atomic mass is 32.2. The molecule has 3 amide bonds. The van der Waals surface area contributed by atoms with Gasteiger partial charge in [0.25, 0.3) is 0 Å². The normalized spacial score (nSPS) is 19.2. The van der Waals surface area contributed by atoms with Crippen molar-refractivity contribution in [3.63, 3.8) is 0 Å². The van der Waals surface area contributed by atoms with Crippen LogP contribution in [0.3, 0.4) is 0 Å². The number of rotatable bonds is 7. The van der Waals surface area contributed by atoms with Gasteiger partial charge in [-0.05, 0) is 48.0 Å². The number of benzene rings is 3. The van der Waals surface area contributed by atoms with Crippen LogP contribution in [0.15, 0.2) is 82.6 Å². The molecule has 232 valence electrons. The Labute approximate surface area is 262 Å². The lowest BCUT2D eigenvalue weighted by molar-refractivity contribution is -0.137. The van der Waals surface area contributed by atoms with Crippen LogP contribution in [0, 0.1) is 5.92 Å². The predicted molar refractivity (Wildman–Crippen MR) is 162 cm³/mol. The van der Waals surface area contributed by atoms with Crippen LogP contribution in [0.1, 0.15) is 21.9 Å². The smallest absolute Gasteiger partial charge is 0.416 e. The largest absolute Gasteiger partial charge is 0.493 e. The first kappa shape index (κ1) is 30.5. The van der Waals surface area contributed by atoms with E-state index in [-0.39, 0.29) is 5.69 Å².